The van der Waals surface area contributed by atoms with E-state index in [0.29, 0.717) is 0 Å². The van der Waals surface area contributed by atoms with Gasteiger partial charge in [0.15, 0.2) is 6.61 Å². The van der Waals surface area contributed by atoms with E-state index in [0.717, 1.165) is 18.2 Å². The number of non-ortho nitro benzene ring substituents is 1. The second kappa shape index (κ2) is 8.90. The van der Waals surface area contributed by atoms with Gasteiger partial charge in [-0.15, -0.1) is 0 Å². The summed E-state index contributed by atoms with van der Waals surface area (Å²) in [5.74, 6) is -1.99. The Bertz CT molecular complexity index is 878. The van der Waals surface area contributed by atoms with Crippen molar-refractivity contribution in [3.05, 3.63) is 63.2 Å². The zero-order valence-corrected chi connectivity index (χ0v) is 14.1. The van der Waals surface area contributed by atoms with Gasteiger partial charge < -0.3 is 14.8 Å². The molecule has 0 atom stereocenters. The Hall–Kier alpha value is -3.27. The van der Waals surface area contributed by atoms with Crippen molar-refractivity contribution >= 4 is 34.9 Å². The largest absolute Gasteiger partial charge is 0.452 e. The summed E-state index contributed by atoms with van der Waals surface area (Å²) in [5.41, 5.74) is -0.420. The van der Waals surface area contributed by atoms with E-state index in [1.807, 2.05) is 0 Å². The molecule has 11 heteroatoms. The molecule has 2 rings (SSSR count). The molecule has 2 aromatic carbocycles. The molecule has 2 aromatic rings. The van der Waals surface area contributed by atoms with Crippen molar-refractivity contribution in [1.82, 2.24) is 0 Å². The molecular weight excluding hydrogens is 390 g/mol. The van der Waals surface area contributed by atoms with Crippen molar-refractivity contribution in [2.75, 3.05) is 11.9 Å². The van der Waals surface area contributed by atoms with Crippen LogP contribution < -0.4 is 10.1 Å². The van der Waals surface area contributed by atoms with Crippen molar-refractivity contribution in [3.63, 3.8) is 0 Å². The van der Waals surface area contributed by atoms with E-state index in [2.05, 4.69) is 10.1 Å². The van der Waals surface area contributed by atoms with Gasteiger partial charge in [0.05, 0.1) is 21.2 Å². The number of nitro groups is 1. The molecule has 0 spiro atoms. The molecule has 0 radical (unpaired) electrons. The average Bonchev–Trinajstić information content (AvgIpc) is 2.61. The molecule has 0 saturated heterocycles. The third kappa shape index (κ3) is 5.89. The first-order valence-electron chi connectivity index (χ1n) is 7.22. The Balaban J connectivity index is 1.97. The van der Waals surface area contributed by atoms with Gasteiger partial charge in [-0.2, -0.15) is 8.78 Å². The number of amides is 1. The number of hydrogen-bond donors (Lipinski definition) is 1. The smallest absolute Gasteiger partial charge is 0.387 e. The third-order valence-electron chi connectivity index (χ3n) is 3.06. The molecule has 0 aliphatic heterocycles. The summed E-state index contributed by atoms with van der Waals surface area (Å²) >= 11 is 5.84. The van der Waals surface area contributed by atoms with Gasteiger partial charge >= 0.3 is 12.6 Å². The van der Waals surface area contributed by atoms with Crippen LogP contribution >= 0.6 is 11.6 Å². The predicted octanol–water partition coefficient (Wildman–Crippen LogP) is 3.65. The molecule has 0 saturated carbocycles. The third-order valence-corrected chi connectivity index (χ3v) is 3.39. The molecule has 142 valence electrons. The normalized spacial score (nSPS) is 10.4. The molecule has 0 heterocycles. The lowest BCUT2D eigenvalue weighted by atomic mass is 10.2. The van der Waals surface area contributed by atoms with E-state index in [9.17, 15) is 28.5 Å². The minimum atomic E-state index is -3.05. The Morgan fingerprint density at radius 3 is 2.63 bits per heavy atom. The SMILES string of the molecule is O=C(COC(=O)c1cccc(OC(F)F)c1)Nc1cc([N+](=O)[O-])ccc1Cl. The molecule has 0 aliphatic rings. The highest BCUT2D eigenvalue weighted by atomic mass is 35.5. The lowest BCUT2D eigenvalue weighted by molar-refractivity contribution is -0.384. The number of rotatable bonds is 7. The Morgan fingerprint density at radius 1 is 1.22 bits per heavy atom. The Morgan fingerprint density at radius 2 is 1.96 bits per heavy atom. The number of ether oxygens (including phenoxy) is 2. The van der Waals surface area contributed by atoms with E-state index in [4.69, 9.17) is 16.3 Å². The minimum absolute atomic E-state index is 0.0285. The molecular formula is C16H11ClF2N2O6. The number of benzene rings is 2. The lowest BCUT2D eigenvalue weighted by Gasteiger charge is -2.09. The van der Waals surface area contributed by atoms with Gasteiger partial charge in [-0.25, -0.2) is 4.79 Å². The van der Waals surface area contributed by atoms with Crippen LogP contribution in [0.15, 0.2) is 42.5 Å². The van der Waals surface area contributed by atoms with Gasteiger partial charge in [-0.1, -0.05) is 17.7 Å². The second-order valence-corrected chi connectivity index (χ2v) is 5.36. The van der Waals surface area contributed by atoms with Crippen molar-refractivity contribution in [2.45, 2.75) is 6.61 Å². The van der Waals surface area contributed by atoms with Crippen LogP contribution in [0.1, 0.15) is 10.4 Å². The maximum Gasteiger partial charge on any atom is 0.387 e. The number of anilines is 1. The summed E-state index contributed by atoms with van der Waals surface area (Å²) in [4.78, 5) is 33.8. The standard InChI is InChI=1S/C16H11ClF2N2O6/c17-12-5-4-10(21(24)25)7-13(12)20-14(22)8-26-15(23)9-2-1-3-11(6-9)27-16(18)19/h1-7,16H,8H2,(H,20,22). The summed E-state index contributed by atoms with van der Waals surface area (Å²) in [7, 11) is 0. The van der Waals surface area contributed by atoms with E-state index < -0.39 is 30.0 Å². The fraction of sp³-hybridized carbons (Fsp3) is 0.125. The zero-order chi connectivity index (χ0) is 20.0. The number of carbonyl (C=O) groups is 2. The maximum atomic E-state index is 12.2. The van der Waals surface area contributed by atoms with Gasteiger partial charge in [0.2, 0.25) is 0 Å². The van der Waals surface area contributed by atoms with E-state index >= 15 is 0 Å². The van der Waals surface area contributed by atoms with E-state index in [1.54, 1.807) is 0 Å². The molecule has 27 heavy (non-hydrogen) atoms. The lowest BCUT2D eigenvalue weighted by Crippen LogP contribution is -2.21. The highest BCUT2D eigenvalue weighted by Gasteiger charge is 2.15. The predicted molar refractivity (Wildman–Crippen MR) is 90.1 cm³/mol. The highest BCUT2D eigenvalue weighted by Crippen LogP contribution is 2.26. The van der Waals surface area contributed by atoms with Gasteiger partial charge in [-0.3, -0.25) is 14.9 Å². The molecule has 0 unspecified atom stereocenters. The molecule has 0 fully saturated rings. The molecule has 0 bridgehead atoms. The minimum Gasteiger partial charge on any atom is -0.452 e. The summed E-state index contributed by atoms with van der Waals surface area (Å²) < 4.78 is 33.3. The monoisotopic (exact) mass is 400 g/mol. The topological polar surface area (TPSA) is 108 Å². The number of nitrogens with one attached hydrogen (secondary N) is 1. The van der Waals surface area contributed by atoms with Crippen LogP contribution in [0.2, 0.25) is 5.02 Å². The fourth-order valence-corrected chi connectivity index (χ4v) is 2.09. The van der Waals surface area contributed by atoms with Crippen LogP contribution in [0.25, 0.3) is 0 Å². The number of hydrogen-bond acceptors (Lipinski definition) is 6. The first-order chi connectivity index (χ1) is 12.8. The number of nitrogens with zero attached hydrogens (tertiary/aromatic N) is 1. The quantitative estimate of drug-likeness (QED) is 0.432. The number of esters is 1. The van der Waals surface area contributed by atoms with Crippen LogP contribution in [0, 0.1) is 10.1 Å². The van der Waals surface area contributed by atoms with E-state index in [-0.39, 0.29) is 27.7 Å². The van der Waals surface area contributed by atoms with Gasteiger partial charge in [-0.05, 0) is 24.3 Å². The average molecular weight is 401 g/mol. The zero-order valence-electron chi connectivity index (χ0n) is 13.4. The molecule has 8 nitrogen and oxygen atoms in total. The van der Waals surface area contributed by atoms with Crippen molar-refractivity contribution in [3.8, 4) is 5.75 Å². The van der Waals surface area contributed by atoms with Gasteiger partial charge in [0, 0.05) is 12.1 Å². The number of alkyl halides is 2. The van der Waals surface area contributed by atoms with Gasteiger partial charge in [0.25, 0.3) is 11.6 Å². The number of nitro benzene ring substituents is 1. The first kappa shape index (κ1) is 20.0. The number of carbonyl (C=O) groups excluding carboxylic acids is 2. The Labute approximate surface area is 155 Å². The maximum absolute atomic E-state index is 12.2. The summed E-state index contributed by atoms with van der Waals surface area (Å²) in [6, 6.07) is 8.28. The van der Waals surface area contributed by atoms with Crippen LogP contribution in [0.4, 0.5) is 20.2 Å². The second-order valence-electron chi connectivity index (χ2n) is 4.95. The molecule has 1 amide bonds. The summed E-state index contributed by atoms with van der Waals surface area (Å²) in [6.07, 6.45) is 0. The van der Waals surface area contributed by atoms with Gasteiger partial charge in [0.1, 0.15) is 5.75 Å². The van der Waals surface area contributed by atoms with Crippen LogP contribution in [0.5, 0.6) is 5.75 Å². The Kier molecular flexibility index (Phi) is 6.61. The first-order valence-corrected chi connectivity index (χ1v) is 7.60. The van der Waals surface area contributed by atoms with Crippen LogP contribution in [-0.4, -0.2) is 30.0 Å². The molecule has 0 aromatic heterocycles. The summed E-state index contributed by atoms with van der Waals surface area (Å²) in [6.45, 7) is -3.78. The number of halogens is 3. The van der Waals surface area contributed by atoms with Crippen LogP contribution in [-0.2, 0) is 9.53 Å². The van der Waals surface area contributed by atoms with Crippen molar-refractivity contribution in [1.29, 1.82) is 0 Å². The van der Waals surface area contributed by atoms with Crippen LogP contribution in [0.3, 0.4) is 0 Å². The summed E-state index contributed by atoms with van der Waals surface area (Å²) in [5, 5.41) is 13.1. The van der Waals surface area contributed by atoms with E-state index in [1.165, 1.54) is 24.3 Å². The molecule has 0 aliphatic carbocycles. The van der Waals surface area contributed by atoms with Crippen molar-refractivity contribution < 1.29 is 32.8 Å². The van der Waals surface area contributed by atoms with Crippen molar-refractivity contribution in [2.24, 2.45) is 0 Å². The molecule has 1 N–H and O–H groups in total. The highest BCUT2D eigenvalue weighted by molar-refractivity contribution is 6.33. The fourth-order valence-electron chi connectivity index (χ4n) is 1.92.